The molecule has 1 saturated carbocycles. The first kappa shape index (κ1) is 20.1. The number of methoxy groups -OCH3 is 2. The lowest BCUT2D eigenvalue weighted by molar-refractivity contribution is -0.121. The highest BCUT2D eigenvalue weighted by Gasteiger charge is 2.14. The topological polar surface area (TPSA) is 76.7 Å². The van der Waals surface area contributed by atoms with Gasteiger partial charge in [0.05, 0.1) is 14.2 Å². The smallest absolute Gasteiger partial charge is 0.251 e. The minimum atomic E-state index is -0.249. The molecule has 1 fully saturated rings. The molecule has 0 spiro atoms. The van der Waals surface area contributed by atoms with E-state index in [9.17, 15) is 9.59 Å². The molecule has 0 atom stereocenters. The number of hydrogen-bond acceptors (Lipinski definition) is 4. The fourth-order valence-electron chi connectivity index (χ4n) is 3.23. The summed E-state index contributed by atoms with van der Waals surface area (Å²) < 4.78 is 10.3. The monoisotopic (exact) mass is 362 g/mol. The highest BCUT2D eigenvalue weighted by molar-refractivity contribution is 5.95. The predicted octanol–water partition coefficient (Wildman–Crippen LogP) is 3.05. The summed E-state index contributed by atoms with van der Waals surface area (Å²) in [5, 5.41) is 5.89. The van der Waals surface area contributed by atoms with Gasteiger partial charge in [-0.1, -0.05) is 32.1 Å². The third-order valence-corrected chi connectivity index (χ3v) is 4.72. The molecule has 0 unspecified atom stereocenters. The Kier molecular flexibility index (Phi) is 8.25. The number of ether oxygens (including phenoxy) is 2. The van der Waals surface area contributed by atoms with Crippen LogP contribution in [0.3, 0.4) is 0 Å². The number of rotatable bonds is 7. The van der Waals surface area contributed by atoms with E-state index in [0.717, 1.165) is 12.8 Å². The molecule has 0 radical (unpaired) electrons. The SMILES string of the molecule is COc1cc(OC)cc(C(=O)NCCC(=O)NC2CCCCCCC2)c1. The minimum Gasteiger partial charge on any atom is -0.497 e. The van der Waals surface area contributed by atoms with E-state index in [1.165, 1.54) is 46.3 Å². The van der Waals surface area contributed by atoms with Gasteiger partial charge in [0, 0.05) is 30.6 Å². The van der Waals surface area contributed by atoms with Crippen molar-refractivity contribution in [3.63, 3.8) is 0 Å². The standard InChI is InChI=1S/C20H30N2O4/c1-25-17-12-15(13-18(14-17)26-2)20(24)21-11-10-19(23)22-16-8-6-4-3-5-7-9-16/h12-14,16H,3-11H2,1-2H3,(H,21,24)(H,22,23). The molecular weight excluding hydrogens is 332 g/mol. The molecule has 2 N–H and O–H groups in total. The molecule has 144 valence electrons. The van der Waals surface area contributed by atoms with Crippen molar-refractivity contribution in [3.05, 3.63) is 23.8 Å². The lowest BCUT2D eigenvalue weighted by atomic mass is 9.96. The molecule has 0 aliphatic heterocycles. The van der Waals surface area contributed by atoms with Crippen LogP contribution in [-0.2, 0) is 4.79 Å². The van der Waals surface area contributed by atoms with E-state index < -0.39 is 0 Å². The molecule has 0 bridgehead atoms. The first-order valence-corrected chi connectivity index (χ1v) is 9.43. The fraction of sp³-hybridized carbons (Fsp3) is 0.600. The molecule has 6 nitrogen and oxygen atoms in total. The maximum atomic E-state index is 12.3. The summed E-state index contributed by atoms with van der Waals surface area (Å²) in [7, 11) is 3.08. The minimum absolute atomic E-state index is 0.000837. The van der Waals surface area contributed by atoms with Gasteiger partial charge in [-0.25, -0.2) is 0 Å². The van der Waals surface area contributed by atoms with Gasteiger partial charge in [0.25, 0.3) is 5.91 Å². The van der Waals surface area contributed by atoms with Gasteiger partial charge in [-0.2, -0.15) is 0 Å². The molecule has 1 aromatic carbocycles. The van der Waals surface area contributed by atoms with Gasteiger partial charge in [0.15, 0.2) is 0 Å². The molecule has 1 aromatic rings. The van der Waals surface area contributed by atoms with E-state index in [-0.39, 0.29) is 24.3 Å². The number of nitrogens with one attached hydrogen (secondary N) is 2. The van der Waals surface area contributed by atoms with Crippen LogP contribution in [0.25, 0.3) is 0 Å². The Morgan fingerprint density at radius 3 is 2.12 bits per heavy atom. The van der Waals surface area contributed by atoms with Crippen molar-refractivity contribution in [2.75, 3.05) is 20.8 Å². The Hall–Kier alpha value is -2.24. The van der Waals surface area contributed by atoms with Gasteiger partial charge in [0.1, 0.15) is 11.5 Å². The second-order valence-electron chi connectivity index (χ2n) is 6.72. The first-order valence-electron chi connectivity index (χ1n) is 9.43. The van der Waals surface area contributed by atoms with E-state index in [2.05, 4.69) is 10.6 Å². The number of hydrogen-bond donors (Lipinski definition) is 2. The largest absolute Gasteiger partial charge is 0.497 e. The normalized spacial score (nSPS) is 15.5. The maximum Gasteiger partial charge on any atom is 0.251 e. The van der Waals surface area contributed by atoms with Crippen LogP contribution in [-0.4, -0.2) is 38.6 Å². The quantitative estimate of drug-likeness (QED) is 0.782. The van der Waals surface area contributed by atoms with Crippen LogP contribution in [0.1, 0.15) is 61.7 Å². The Balaban J connectivity index is 1.77. The molecule has 6 heteroatoms. The van der Waals surface area contributed by atoms with Crippen LogP contribution in [0.5, 0.6) is 11.5 Å². The predicted molar refractivity (Wildman–Crippen MR) is 101 cm³/mol. The van der Waals surface area contributed by atoms with E-state index in [1.54, 1.807) is 18.2 Å². The summed E-state index contributed by atoms with van der Waals surface area (Å²) in [5.41, 5.74) is 0.446. The van der Waals surface area contributed by atoms with E-state index >= 15 is 0 Å². The van der Waals surface area contributed by atoms with Crippen LogP contribution < -0.4 is 20.1 Å². The second kappa shape index (κ2) is 10.7. The fourth-order valence-corrected chi connectivity index (χ4v) is 3.23. The summed E-state index contributed by atoms with van der Waals surface area (Å²) in [4.78, 5) is 24.4. The first-order chi connectivity index (χ1) is 12.6. The Morgan fingerprint density at radius 2 is 1.54 bits per heavy atom. The molecule has 1 aliphatic rings. The van der Waals surface area contributed by atoms with Crippen molar-refractivity contribution < 1.29 is 19.1 Å². The molecule has 1 aliphatic carbocycles. The lowest BCUT2D eigenvalue weighted by Gasteiger charge is -2.21. The van der Waals surface area contributed by atoms with Crippen LogP contribution in [0.2, 0.25) is 0 Å². The van der Waals surface area contributed by atoms with Crippen molar-refractivity contribution >= 4 is 11.8 Å². The second-order valence-corrected chi connectivity index (χ2v) is 6.72. The van der Waals surface area contributed by atoms with Crippen LogP contribution in [0.15, 0.2) is 18.2 Å². The third kappa shape index (κ3) is 6.58. The summed E-state index contributed by atoms with van der Waals surface area (Å²) >= 11 is 0. The molecule has 2 rings (SSSR count). The van der Waals surface area contributed by atoms with Crippen molar-refractivity contribution in [2.45, 2.75) is 57.4 Å². The summed E-state index contributed by atoms with van der Waals surface area (Å²) in [6, 6.07) is 5.28. The number of carbonyl (C=O) groups excluding carboxylic acids is 2. The number of amides is 2. The van der Waals surface area contributed by atoms with Gasteiger partial charge in [-0.3, -0.25) is 9.59 Å². The number of benzene rings is 1. The summed E-state index contributed by atoms with van der Waals surface area (Å²) in [5.74, 6) is 0.855. The van der Waals surface area contributed by atoms with Crippen molar-refractivity contribution in [1.82, 2.24) is 10.6 Å². The highest BCUT2D eigenvalue weighted by atomic mass is 16.5. The molecule has 0 heterocycles. The molecular formula is C20H30N2O4. The molecule has 0 saturated heterocycles. The van der Waals surface area contributed by atoms with E-state index in [4.69, 9.17) is 9.47 Å². The average molecular weight is 362 g/mol. The van der Waals surface area contributed by atoms with Crippen molar-refractivity contribution in [2.24, 2.45) is 0 Å². The van der Waals surface area contributed by atoms with Crippen LogP contribution in [0.4, 0.5) is 0 Å². The lowest BCUT2D eigenvalue weighted by Crippen LogP contribution is -2.37. The zero-order valence-corrected chi connectivity index (χ0v) is 15.8. The Labute approximate surface area is 155 Å². The average Bonchev–Trinajstić information content (AvgIpc) is 2.63. The zero-order chi connectivity index (χ0) is 18.8. The van der Waals surface area contributed by atoms with Crippen molar-refractivity contribution in [1.29, 1.82) is 0 Å². The summed E-state index contributed by atoms with van der Waals surface area (Å²) in [6.45, 7) is 0.302. The van der Waals surface area contributed by atoms with Gasteiger partial charge in [-0.15, -0.1) is 0 Å². The van der Waals surface area contributed by atoms with Crippen LogP contribution >= 0.6 is 0 Å². The van der Waals surface area contributed by atoms with E-state index in [0.29, 0.717) is 23.6 Å². The van der Waals surface area contributed by atoms with Gasteiger partial charge >= 0.3 is 0 Å². The Morgan fingerprint density at radius 1 is 0.962 bits per heavy atom. The van der Waals surface area contributed by atoms with Crippen molar-refractivity contribution in [3.8, 4) is 11.5 Å². The number of carbonyl (C=O) groups is 2. The highest BCUT2D eigenvalue weighted by Crippen LogP contribution is 2.22. The third-order valence-electron chi connectivity index (χ3n) is 4.72. The summed E-state index contributed by atoms with van der Waals surface area (Å²) in [6.07, 6.45) is 8.58. The molecule has 2 amide bonds. The molecule has 26 heavy (non-hydrogen) atoms. The van der Waals surface area contributed by atoms with Gasteiger partial charge in [0.2, 0.25) is 5.91 Å². The molecule has 0 aromatic heterocycles. The maximum absolute atomic E-state index is 12.3. The van der Waals surface area contributed by atoms with E-state index in [1.807, 2.05) is 0 Å². The Bertz CT molecular complexity index is 573. The van der Waals surface area contributed by atoms with Crippen LogP contribution in [0, 0.1) is 0 Å². The van der Waals surface area contributed by atoms with Gasteiger partial charge in [-0.05, 0) is 25.0 Å². The zero-order valence-electron chi connectivity index (χ0n) is 15.8. The van der Waals surface area contributed by atoms with Gasteiger partial charge < -0.3 is 20.1 Å².